The number of hydrogen-bond acceptors (Lipinski definition) is 5. The molecule has 1 aromatic heterocycles. The van der Waals surface area contributed by atoms with Crippen LogP contribution in [0, 0.1) is 18.3 Å². The van der Waals surface area contributed by atoms with Gasteiger partial charge in [0.15, 0.2) is 5.11 Å². The van der Waals surface area contributed by atoms with Crippen LogP contribution in [0.5, 0.6) is 5.75 Å². The summed E-state index contributed by atoms with van der Waals surface area (Å²) in [6.45, 7) is 1.92. The van der Waals surface area contributed by atoms with E-state index in [1.807, 2.05) is 24.0 Å². The van der Waals surface area contributed by atoms with Crippen LogP contribution in [0.25, 0.3) is 0 Å². The summed E-state index contributed by atoms with van der Waals surface area (Å²) < 4.78 is 5.30. The first-order chi connectivity index (χ1) is 13.0. The van der Waals surface area contributed by atoms with Crippen LogP contribution < -0.4 is 14.5 Å². The maximum Gasteiger partial charge on any atom is 0.259 e. The molecule has 2 aromatic rings. The van der Waals surface area contributed by atoms with Crippen molar-refractivity contribution in [1.82, 2.24) is 4.98 Å². The Morgan fingerprint density at radius 3 is 2.56 bits per heavy atom. The highest BCUT2D eigenvalue weighted by molar-refractivity contribution is 7.81. The zero-order valence-corrected chi connectivity index (χ0v) is 15.9. The molecule has 2 aliphatic rings. The van der Waals surface area contributed by atoms with Gasteiger partial charge in [-0.3, -0.25) is 14.7 Å². The van der Waals surface area contributed by atoms with Gasteiger partial charge in [0, 0.05) is 11.8 Å². The number of nitrogens with zero attached hydrogens (tertiary/aromatic N) is 4. The molecule has 6 nitrogen and oxygen atoms in total. The molecule has 1 aliphatic heterocycles. The summed E-state index contributed by atoms with van der Waals surface area (Å²) in [6.07, 6.45) is 4.25. The van der Waals surface area contributed by atoms with Crippen molar-refractivity contribution in [2.24, 2.45) is 0 Å². The predicted octanol–water partition coefficient (Wildman–Crippen LogP) is 3.33. The molecular weight excluding hydrogens is 360 g/mol. The number of ether oxygens (including phenoxy) is 1. The third kappa shape index (κ3) is 2.48. The molecule has 0 radical (unpaired) electrons. The van der Waals surface area contributed by atoms with Gasteiger partial charge < -0.3 is 9.64 Å². The molecule has 1 spiro atoms. The maximum absolute atomic E-state index is 13.4. The molecule has 0 unspecified atom stereocenters. The quantitative estimate of drug-likeness (QED) is 0.763. The molecule has 1 amide bonds. The molecule has 1 aromatic carbocycles. The standard InChI is InChI=1S/C20H18N4O2S/c1-13-4-6-16(12-22-13)24-19(27)23(18(25)20(24)8-3-9-20)15-7-5-14(11-21)17(10-15)26-2/h4-7,10,12H,3,8-9H2,1-2H3. The molecule has 27 heavy (non-hydrogen) atoms. The number of aromatic nitrogens is 1. The molecule has 136 valence electrons. The smallest absolute Gasteiger partial charge is 0.259 e. The summed E-state index contributed by atoms with van der Waals surface area (Å²) in [7, 11) is 1.50. The van der Waals surface area contributed by atoms with Gasteiger partial charge in [-0.15, -0.1) is 0 Å². The lowest BCUT2D eigenvalue weighted by molar-refractivity contribution is -0.123. The number of pyridine rings is 1. The van der Waals surface area contributed by atoms with Gasteiger partial charge >= 0.3 is 0 Å². The van der Waals surface area contributed by atoms with E-state index in [1.54, 1.807) is 29.3 Å². The lowest BCUT2D eigenvalue weighted by Gasteiger charge is -2.42. The maximum atomic E-state index is 13.4. The number of methoxy groups -OCH3 is 1. The third-order valence-corrected chi connectivity index (χ3v) is 5.68. The number of anilines is 2. The van der Waals surface area contributed by atoms with E-state index in [-0.39, 0.29) is 5.91 Å². The van der Waals surface area contributed by atoms with Crippen LogP contribution in [0.3, 0.4) is 0 Å². The molecule has 7 heteroatoms. The highest BCUT2D eigenvalue weighted by Crippen LogP contribution is 2.47. The summed E-state index contributed by atoms with van der Waals surface area (Å²) in [4.78, 5) is 21.3. The highest BCUT2D eigenvalue weighted by Gasteiger charge is 2.59. The molecule has 1 saturated carbocycles. The minimum absolute atomic E-state index is 0.0360. The topological polar surface area (TPSA) is 69.5 Å². The Labute approximate surface area is 163 Å². The molecular formula is C20H18N4O2S. The SMILES string of the molecule is COc1cc(N2C(=O)C3(CCC3)N(c3ccc(C)nc3)C2=S)ccc1C#N. The van der Waals surface area contributed by atoms with Crippen molar-refractivity contribution in [1.29, 1.82) is 5.26 Å². The summed E-state index contributed by atoms with van der Waals surface area (Å²) >= 11 is 5.72. The average Bonchev–Trinajstić information content (AvgIpc) is 2.89. The Hall–Kier alpha value is -2.98. The molecule has 2 fully saturated rings. The highest BCUT2D eigenvalue weighted by atomic mass is 32.1. The average molecular weight is 378 g/mol. The zero-order chi connectivity index (χ0) is 19.2. The Bertz CT molecular complexity index is 976. The Morgan fingerprint density at radius 1 is 1.26 bits per heavy atom. The molecule has 2 heterocycles. The van der Waals surface area contributed by atoms with Crippen molar-refractivity contribution < 1.29 is 9.53 Å². The fourth-order valence-electron chi connectivity index (χ4n) is 3.71. The number of thiocarbonyl (C=S) groups is 1. The lowest BCUT2D eigenvalue weighted by Crippen LogP contribution is -2.55. The molecule has 0 atom stereocenters. The van der Waals surface area contributed by atoms with Crippen molar-refractivity contribution in [2.75, 3.05) is 16.9 Å². The van der Waals surface area contributed by atoms with E-state index in [0.717, 1.165) is 30.6 Å². The van der Waals surface area contributed by atoms with E-state index in [4.69, 9.17) is 17.0 Å². The normalized spacial score (nSPS) is 17.8. The summed E-state index contributed by atoms with van der Waals surface area (Å²) in [5.41, 5.74) is 2.11. The predicted molar refractivity (Wildman–Crippen MR) is 106 cm³/mol. The minimum atomic E-state index is -0.644. The number of aryl methyl sites for hydroxylation is 1. The van der Waals surface area contributed by atoms with Gasteiger partial charge in [0.1, 0.15) is 17.4 Å². The van der Waals surface area contributed by atoms with Gasteiger partial charge in [0.2, 0.25) is 0 Å². The Morgan fingerprint density at radius 2 is 2.00 bits per heavy atom. The van der Waals surface area contributed by atoms with Crippen molar-refractivity contribution in [2.45, 2.75) is 31.7 Å². The van der Waals surface area contributed by atoms with Crippen LogP contribution >= 0.6 is 12.2 Å². The van der Waals surface area contributed by atoms with E-state index < -0.39 is 5.54 Å². The largest absolute Gasteiger partial charge is 0.495 e. The molecule has 4 rings (SSSR count). The summed E-state index contributed by atoms with van der Waals surface area (Å²) in [5, 5.41) is 9.63. The number of hydrogen-bond donors (Lipinski definition) is 0. The molecule has 0 bridgehead atoms. The second-order valence-electron chi connectivity index (χ2n) is 6.80. The Kier molecular flexibility index (Phi) is 4.08. The van der Waals surface area contributed by atoms with E-state index >= 15 is 0 Å². The van der Waals surface area contributed by atoms with E-state index in [9.17, 15) is 10.1 Å². The Balaban J connectivity index is 1.80. The van der Waals surface area contributed by atoms with Crippen LogP contribution in [0.4, 0.5) is 11.4 Å². The van der Waals surface area contributed by atoms with Crippen LogP contribution in [0.15, 0.2) is 36.5 Å². The fourth-order valence-corrected chi connectivity index (χ4v) is 4.18. The van der Waals surface area contributed by atoms with Gasteiger partial charge in [0.25, 0.3) is 5.91 Å². The van der Waals surface area contributed by atoms with Crippen LogP contribution in [-0.2, 0) is 4.79 Å². The lowest BCUT2D eigenvalue weighted by atomic mass is 9.75. The van der Waals surface area contributed by atoms with E-state index in [1.165, 1.54) is 7.11 Å². The van der Waals surface area contributed by atoms with E-state index in [2.05, 4.69) is 11.1 Å². The van der Waals surface area contributed by atoms with Gasteiger partial charge in [-0.05, 0) is 62.7 Å². The fraction of sp³-hybridized carbons (Fsp3) is 0.300. The molecule has 1 aliphatic carbocycles. The van der Waals surface area contributed by atoms with Crippen molar-refractivity contribution in [3.05, 3.63) is 47.8 Å². The number of rotatable bonds is 3. The molecule has 1 saturated heterocycles. The van der Waals surface area contributed by atoms with Crippen LogP contribution in [0.2, 0.25) is 0 Å². The zero-order valence-electron chi connectivity index (χ0n) is 15.1. The second-order valence-corrected chi connectivity index (χ2v) is 7.16. The molecule has 0 N–H and O–H groups in total. The van der Waals surface area contributed by atoms with Crippen LogP contribution in [0.1, 0.15) is 30.5 Å². The number of amides is 1. The summed E-state index contributed by atoms with van der Waals surface area (Å²) in [5.74, 6) is 0.384. The number of nitriles is 1. The van der Waals surface area contributed by atoms with Crippen molar-refractivity contribution in [3.63, 3.8) is 0 Å². The second kappa shape index (κ2) is 6.32. The first kappa shape index (κ1) is 17.4. The monoisotopic (exact) mass is 378 g/mol. The van der Waals surface area contributed by atoms with Gasteiger partial charge in [-0.1, -0.05) is 0 Å². The van der Waals surface area contributed by atoms with Gasteiger partial charge in [0.05, 0.1) is 30.2 Å². The summed E-state index contributed by atoms with van der Waals surface area (Å²) in [6, 6.07) is 11.0. The van der Waals surface area contributed by atoms with Crippen molar-refractivity contribution >= 4 is 34.6 Å². The van der Waals surface area contributed by atoms with Crippen LogP contribution in [-0.4, -0.2) is 28.7 Å². The first-order valence-electron chi connectivity index (χ1n) is 8.71. The minimum Gasteiger partial charge on any atom is -0.495 e. The van der Waals surface area contributed by atoms with Crippen molar-refractivity contribution in [3.8, 4) is 11.8 Å². The van der Waals surface area contributed by atoms with Gasteiger partial charge in [-0.2, -0.15) is 5.26 Å². The first-order valence-corrected chi connectivity index (χ1v) is 9.12. The number of carbonyl (C=O) groups is 1. The third-order valence-electron chi connectivity index (χ3n) is 5.31. The van der Waals surface area contributed by atoms with E-state index in [0.29, 0.717) is 22.1 Å². The number of benzene rings is 1. The van der Waals surface area contributed by atoms with Gasteiger partial charge in [-0.25, -0.2) is 0 Å². The number of carbonyl (C=O) groups excluding carboxylic acids is 1.